The predicted octanol–water partition coefficient (Wildman–Crippen LogP) is 0.811. The fourth-order valence-electron chi connectivity index (χ4n) is 2.58. The van der Waals surface area contributed by atoms with Crippen molar-refractivity contribution in [3.05, 3.63) is 0 Å². The van der Waals surface area contributed by atoms with Gasteiger partial charge in [0, 0.05) is 32.1 Å². The Morgan fingerprint density at radius 1 is 1.30 bits per heavy atom. The average molecular weight is 328 g/mol. The lowest BCUT2D eigenvalue weighted by atomic mass is 10.1. The molecule has 0 aromatic carbocycles. The largest absolute Gasteiger partial charge is 0.379 e. The molecule has 0 aliphatic carbocycles. The minimum absolute atomic E-state index is 0. The standard InChI is InChI=1S/C13H25N3O2.2ClH/c17-13(11-12-3-1-4-14-12)15-5-2-6-16-7-9-18-10-8-16;;/h12,14H,1-11H2,(H,15,17);2*1H. The molecular weight excluding hydrogens is 301 g/mol. The first-order chi connectivity index (χ1) is 8.84. The monoisotopic (exact) mass is 327 g/mol. The first-order valence-corrected chi connectivity index (χ1v) is 7.15. The molecular formula is C13H27Cl2N3O2. The molecule has 0 aromatic heterocycles. The van der Waals surface area contributed by atoms with E-state index in [-0.39, 0.29) is 30.7 Å². The molecule has 1 unspecified atom stereocenters. The molecule has 1 amide bonds. The molecule has 7 heteroatoms. The molecule has 2 aliphatic heterocycles. The summed E-state index contributed by atoms with van der Waals surface area (Å²) in [5, 5.41) is 6.36. The number of morpholine rings is 1. The van der Waals surface area contributed by atoms with Gasteiger partial charge in [-0.2, -0.15) is 0 Å². The number of amides is 1. The maximum absolute atomic E-state index is 11.7. The number of carbonyl (C=O) groups excluding carboxylic acids is 1. The SMILES string of the molecule is Cl.Cl.O=C(CC1CCCN1)NCCCN1CCOCC1. The Bertz CT molecular complexity index is 258. The molecule has 20 heavy (non-hydrogen) atoms. The van der Waals surface area contributed by atoms with Gasteiger partial charge in [0.05, 0.1) is 13.2 Å². The van der Waals surface area contributed by atoms with Crippen molar-refractivity contribution < 1.29 is 9.53 Å². The molecule has 5 nitrogen and oxygen atoms in total. The van der Waals surface area contributed by atoms with Crippen LogP contribution in [0.3, 0.4) is 0 Å². The summed E-state index contributed by atoms with van der Waals surface area (Å²) in [7, 11) is 0. The molecule has 2 saturated heterocycles. The fourth-order valence-corrected chi connectivity index (χ4v) is 2.58. The summed E-state index contributed by atoms with van der Waals surface area (Å²) in [6.07, 6.45) is 4.01. The van der Waals surface area contributed by atoms with Crippen molar-refractivity contribution >= 4 is 30.7 Å². The lowest BCUT2D eigenvalue weighted by molar-refractivity contribution is -0.121. The Morgan fingerprint density at radius 3 is 2.70 bits per heavy atom. The Balaban J connectivity index is 0.00000180. The molecule has 2 fully saturated rings. The van der Waals surface area contributed by atoms with E-state index in [9.17, 15) is 4.79 Å². The van der Waals surface area contributed by atoms with Crippen LogP contribution in [0.4, 0.5) is 0 Å². The van der Waals surface area contributed by atoms with Crippen LogP contribution >= 0.6 is 24.8 Å². The quantitative estimate of drug-likeness (QED) is 0.709. The Labute approximate surface area is 134 Å². The zero-order valence-electron chi connectivity index (χ0n) is 11.9. The van der Waals surface area contributed by atoms with Crippen LogP contribution in [-0.2, 0) is 9.53 Å². The minimum atomic E-state index is 0. The highest BCUT2D eigenvalue weighted by molar-refractivity contribution is 5.85. The second-order valence-electron chi connectivity index (χ2n) is 5.15. The third-order valence-electron chi connectivity index (χ3n) is 3.67. The number of carbonyl (C=O) groups is 1. The smallest absolute Gasteiger partial charge is 0.221 e. The molecule has 1 atom stereocenters. The van der Waals surface area contributed by atoms with Crippen molar-refractivity contribution in [3.8, 4) is 0 Å². The lowest BCUT2D eigenvalue weighted by Crippen LogP contribution is -2.38. The molecule has 120 valence electrons. The third-order valence-corrected chi connectivity index (χ3v) is 3.67. The molecule has 0 radical (unpaired) electrons. The van der Waals surface area contributed by atoms with Gasteiger partial charge in [0.25, 0.3) is 0 Å². The normalized spacial score (nSPS) is 22.7. The summed E-state index contributed by atoms with van der Waals surface area (Å²) in [5.41, 5.74) is 0. The number of nitrogens with zero attached hydrogens (tertiary/aromatic N) is 1. The van der Waals surface area contributed by atoms with Gasteiger partial charge in [0.1, 0.15) is 0 Å². The van der Waals surface area contributed by atoms with E-state index in [0.29, 0.717) is 12.5 Å². The fraction of sp³-hybridized carbons (Fsp3) is 0.923. The predicted molar refractivity (Wildman–Crippen MR) is 85.0 cm³/mol. The van der Waals surface area contributed by atoms with Crippen LogP contribution in [0, 0.1) is 0 Å². The molecule has 0 aromatic rings. The van der Waals surface area contributed by atoms with Crippen LogP contribution < -0.4 is 10.6 Å². The van der Waals surface area contributed by atoms with Gasteiger partial charge in [-0.05, 0) is 32.4 Å². The van der Waals surface area contributed by atoms with E-state index >= 15 is 0 Å². The number of hydrogen-bond donors (Lipinski definition) is 2. The van der Waals surface area contributed by atoms with E-state index in [1.54, 1.807) is 0 Å². The number of halogens is 2. The van der Waals surface area contributed by atoms with E-state index in [0.717, 1.165) is 58.8 Å². The van der Waals surface area contributed by atoms with E-state index in [1.807, 2.05) is 0 Å². The summed E-state index contributed by atoms with van der Waals surface area (Å²) < 4.78 is 5.30. The molecule has 0 spiro atoms. The maximum atomic E-state index is 11.7. The van der Waals surface area contributed by atoms with Gasteiger partial charge in [-0.1, -0.05) is 0 Å². The van der Waals surface area contributed by atoms with Crippen molar-refractivity contribution in [1.82, 2.24) is 15.5 Å². The molecule has 2 rings (SSSR count). The molecule has 0 bridgehead atoms. The summed E-state index contributed by atoms with van der Waals surface area (Å²) in [6.45, 7) is 6.67. The first kappa shape index (κ1) is 19.9. The second kappa shape index (κ2) is 11.6. The number of nitrogens with one attached hydrogen (secondary N) is 2. The van der Waals surface area contributed by atoms with Gasteiger partial charge in [-0.3, -0.25) is 9.69 Å². The summed E-state index contributed by atoms with van der Waals surface area (Å²) >= 11 is 0. The van der Waals surface area contributed by atoms with Gasteiger partial charge in [-0.25, -0.2) is 0 Å². The summed E-state index contributed by atoms with van der Waals surface area (Å²) in [6, 6.07) is 0.407. The second-order valence-corrected chi connectivity index (χ2v) is 5.15. The number of rotatable bonds is 6. The average Bonchev–Trinajstić information content (AvgIpc) is 2.89. The minimum Gasteiger partial charge on any atom is -0.379 e. The Morgan fingerprint density at radius 2 is 2.05 bits per heavy atom. The van der Waals surface area contributed by atoms with Gasteiger partial charge in [0.15, 0.2) is 0 Å². The van der Waals surface area contributed by atoms with E-state index in [2.05, 4.69) is 15.5 Å². The van der Waals surface area contributed by atoms with E-state index in [4.69, 9.17) is 4.74 Å². The van der Waals surface area contributed by atoms with Crippen molar-refractivity contribution in [3.63, 3.8) is 0 Å². The molecule has 2 aliphatic rings. The first-order valence-electron chi connectivity index (χ1n) is 7.15. The number of ether oxygens (including phenoxy) is 1. The van der Waals surface area contributed by atoms with Gasteiger partial charge in [-0.15, -0.1) is 24.8 Å². The Kier molecular flexibility index (Phi) is 11.5. The van der Waals surface area contributed by atoms with Crippen LogP contribution in [0.2, 0.25) is 0 Å². The summed E-state index contributed by atoms with van der Waals surface area (Å²) in [4.78, 5) is 14.1. The highest BCUT2D eigenvalue weighted by Gasteiger charge is 2.17. The van der Waals surface area contributed by atoms with Crippen LogP contribution in [0.5, 0.6) is 0 Å². The van der Waals surface area contributed by atoms with E-state index < -0.39 is 0 Å². The third kappa shape index (κ3) is 7.64. The van der Waals surface area contributed by atoms with Crippen molar-refractivity contribution in [1.29, 1.82) is 0 Å². The van der Waals surface area contributed by atoms with Crippen LogP contribution in [0.25, 0.3) is 0 Å². The van der Waals surface area contributed by atoms with Crippen LogP contribution in [-0.4, -0.2) is 62.8 Å². The molecule has 0 saturated carbocycles. The van der Waals surface area contributed by atoms with Gasteiger partial charge in [0.2, 0.25) is 5.91 Å². The molecule has 2 N–H and O–H groups in total. The topological polar surface area (TPSA) is 53.6 Å². The van der Waals surface area contributed by atoms with Gasteiger partial charge >= 0.3 is 0 Å². The highest BCUT2D eigenvalue weighted by Crippen LogP contribution is 2.08. The maximum Gasteiger partial charge on any atom is 0.221 e. The number of hydrogen-bond acceptors (Lipinski definition) is 4. The van der Waals surface area contributed by atoms with Crippen molar-refractivity contribution in [2.24, 2.45) is 0 Å². The van der Waals surface area contributed by atoms with Crippen LogP contribution in [0.15, 0.2) is 0 Å². The molecule has 2 heterocycles. The van der Waals surface area contributed by atoms with Crippen molar-refractivity contribution in [2.45, 2.75) is 31.7 Å². The van der Waals surface area contributed by atoms with E-state index in [1.165, 1.54) is 6.42 Å². The lowest BCUT2D eigenvalue weighted by Gasteiger charge is -2.26. The highest BCUT2D eigenvalue weighted by atomic mass is 35.5. The van der Waals surface area contributed by atoms with Crippen molar-refractivity contribution in [2.75, 3.05) is 45.9 Å². The zero-order valence-corrected chi connectivity index (χ0v) is 13.6. The summed E-state index contributed by atoms with van der Waals surface area (Å²) in [5.74, 6) is 0.191. The van der Waals surface area contributed by atoms with Crippen LogP contribution in [0.1, 0.15) is 25.7 Å². The Hall–Kier alpha value is -0.0700. The zero-order chi connectivity index (χ0) is 12.6. The van der Waals surface area contributed by atoms with Gasteiger partial charge < -0.3 is 15.4 Å².